The molecule has 0 heterocycles. The maximum atomic E-state index is 13.6. The number of hydrogen-bond acceptors (Lipinski definition) is 3. The number of rotatable bonds is 11. The predicted molar refractivity (Wildman–Crippen MR) is 148 cm³/mol. The average molecular weight is 572 g/mol. The van der Waals surface area contributed by atoms with Crippen molar-refractivity contribution < 1.29 is 14.3 Å². The molecule has 3 aromatic rings. The van der Waals surface area contributed by atoms with E-state index in [1.807, 2.05) is 81.4 Å². The largest absolute Gasteiger partial charge is 0.484 e. The minimum Gasteiger partial charge on any atom is -0.484 e. The highest BCUT2D eigenvalue weighted by atomic mass is 79.9. The maximum Gasteiger partial charge on any atom is 0.261 e. The van der Waals surface area contributed by atoms with E-state index < -0.39 is 6.04 Å². The molecule has 0 aliphatic heterocycles. The summed E-state index contributed by atoms with van der Waals surface area (Å²) in [4.78, 5) is 28.7. The lowest BCUT2D eigenvalue weighted by atomic mass is 10.0. The minimum absolute atomic E-state index is 0.188. The molecule has 1 atom stereocenters. The minimum atomic E-state index is -0.731. The molecule has 0 aliphatic carbocycles. The summed E-state index contributed by atoms with van der Waals surface area (Å²) in [5.41, 5.74) is 2.73. The fraction of sp³-hybridized carbons (Fsp3) is 0.310. The van der Waals surface area contributed by atoms with E-state index in [2.05, 4.69) is 21.2 Å². The molecule has 0 saturated heterocycles. The van der Waals surface area contributed by atoms with Gasteiger partial charge >= 0.3 is 0 Å². The Balaban J connectivity index is 1.91. The molecule has 190 valence electrons. The first-order chi connectivity index (χ1) is 17.2. The molecule has 36 heavy (non-hydrogen) atoms. The van der Waals surface area contributed by atoms with Crippen molar-refractivity contribution in [3.05, 3.63) is 99.0 Å². The van der Waals surface area contributed by atoms with Crippen LogP contribution >= 0.6 is 27.5 Å². The summed E-state index contributed by atoms with van der Waals surface area (Å²) < 4.78 is 6.82. The summed E-state index contributed by atoms with van der Waals surface area (Å²) in [5.74, 6) is 0.372. The van der Waals surface area contributed by atoms with Crippen molar-refractivity contribution in [2.24, 2.45) is 5.92 Å². The average Bonchev–Trinajstić information content (AvgIpc) is 2.86. The number of nitrogens with one attached hydrogen (secondary N) is 1. The van der Waals surface area contributed by atoms with Crippen molar-refractivity contribution >= 4 is 39.3 Å². The lowest BCUT2D eigenvalue weighted by Crippen LogP contribution is -2.52. The third-order valence-electron chi connectivity index (χ3n) is 5.75. The van der Waals surface area contributed by atoms with Gasteiger partial charge in [-0.3, -0.25) is 9.59 Å². The molecule has 0 fully saturated rings. The van der Waals surface area contributed by atoms with Gasteiger partial charge < -0.3 is 15.0 Å². The summed E-state index contributed by atoms with van der Waals surface area (Å²) in [7, 11) is 0. The zero-order chi connectivity index (χ0) is 26.1. The SMILES string of the molecule is Cc1cc(OCC(=O)N(Cc2ccccc2Cl)[C@@H](Cc2ccccc2)C(=O)NCC(C)C)ccc1Br. The number of halogens is 2. The van der Waals surface area contributed by atoms with Crippen LogP contribution in [0, 0.1) is 12.8 Å². The van der Waals surface area contributed by atoms with Crippen molar-refractivity contribution in [1.82, 2.24) is 10.2 Å². The quantitative estimate of drug-likeness (QED) is 0.298. The van der Waals surface area contributed by atoms with E-state index in [4.69, 9.17) is 16.3 Å². The molecule has 2 amide bonds. The number of ether oxygens (including phenoxy) is 1. The molecule has 7 heteroatoms. The Morgan fingerprint density at radius 1 is 1.03 bits per heavy atom. The van der Waals surface area contributed by atoms with Crippen LogP contribution in [-0.4, -0.2) is 35.9 Å². The number of hydrogen-bond donors (Lipinski definition) is 1. The van der Waals surface area contributed by atoms with E-state index in [1.54, 1.807) is 17.0 Å². The molecule has 1 N–H and O–H groups in total. The fourth-order valence-corrected chi connectivity index (χ4v) is 4.16. The summed E-state index contributed by atoms with van der Waals surface area (Å²) in [5, 5.41) is 3.56. The molecule has 0 aromatic heterocycles. The number of carbonyl (C=O) groups excluding carboxylic acids is 2. The van der Waals surface area contributed by atoms with Gasteiger partial charge in [0.05, 0.1) is 0 Å². The van der Waals surface area contributed by atoms with Crippen molar-refractivity contribution in [1.29, 1.82) is 0 Å². The number of amides is 2. The highest BCUT2D eigenvalue weighted by molar-refractivity contribution is 9.10. The van der Waals surface area contributed by atoms with Crippen molar-refractivity contribution in [3.8, 4) is 5.75 Å². The molecule has 3 rings (SSSR count). The van der Waals surface area contributed by atoms with Gasteiger partial charge in [-0.15, -0.1) is 0 Å². The fourth-order valence-electron chi connectivity index (χ4n) is 3.72. The second kappa shape index (κ2) is 13.5. The van der Waals surface area contributed by atoms with E-state index in [0.717, 1.165) is 21.2 Å². The number of carbonyl (C=O) groups is 2. The van der Waals surface area contributed by atoms with E-state index in [0.29, 0.717) is 23.7 Å². The zero-order valence-corrected chi connectivity index (χ0v) is 23.2. The van der Waals surface area contributed by atoms with Crippen LogP contribution in [0.3, 0.4) is 0 Å². The second-order valence-corrected chi connectivity index (χ2v) is 10.4. The smallest absolute Gasteiger partial charge is 0.261 e. The molecule has 0 aliphatic rings. The molecule has 0 bridgehead atoms. The van der Waals surface area contributed by atoms with Crippen LogP contribution in [0.4, 0.5) is 0 Å². The van der Waals surface area contributed by atoms with Crippen LogP contribution in [0.25, 0.3) is 0 Å². The van der Waals surface area contributed by atoms with Crippen LogP contribution in [0.2, 0.25) is 5.02 Å². The zero-order valence-electron chi connectivity index (χ0n) is 20.8. The predicted octanol–water partition coefficient (Wildman–Crippen LogP) is 6.20. The van der Waals surface area contributed by atoms with Gasteiger partial charge in [-0.05, 0) is 53.8 Å². The summed E-state index contributed by atoms with van der Waals surface area (Å²) in [6, 6.07) is 21.9. The Morgan fingerprint density at radius 2 is 1.72 bits per heavy atom. The number of aryl methyl sites for hydroxylation is 1. The lowest BCUT2D eigenvalue weighted by molar-refractivity contribution is -0.142. The highest BCUT2D eigenvalue weighted by Gasteiger charge is 2.31. The van der Waals surface area contributed by atoms with E-state index in [1.165, 1.54) is 0 Å². The van der Waals surface area contributed by atoms with Gasteiger partial charge in [0.15, 0.2) is 6.61 Å². The Hall–Kier alpha value is -2.83. The first-order valence-corrected chi connectivity index (χ1v) is 13.1. The first kappa shape index (κ1) is 27.8. The molecule has 0 spiro atoms. The van der Waals surface area contributed by atoms with Gasteiger partial charge in [-0.1, -0.05) is 89.9 Å². The van der Waals surface area contributed by atoms with Gasteiger partial charge in [0.25, 0.3) is 5.91 Å². The summed E-state index contributed by atoms with van der Waals surface area (Å²) >= 11 is 9.93. The molecule has 0 unspecified atom stereocenters. The van der Waals surface area contributed by atoms with Crippen LogP contribution < -0.4 is 10.1 Å². The van der Waals surface area contributed by atoms with Gasteiger partial charge in [-0.2, -0.15) is 0 Å². The van der Waals surface area contributed by atoms with Gasteiger partial charge in [-0.25, -0.2) is 0 Å². The summed E-state index contributed by atoms with van der Waals surface area (Å²) in [6.07, 6.45) is 0.373. The monoisotopic (exact) mass is 570 g/mol. The molecular weight excluding hydrogens is 540 g/mol. The van der Waals surface area contributed by atoms with Gasteiger partial charge in [0.2, 0.25) is 5.91 Å². The van der Waals surface area contributed by atoms with E-state index in [-0.39, 0.29) is 30.9 Å². The van der Waals surface area contributed by atoms with Crippen LogP contribution in [-0.2, 0) is 22.6 Å². The Bertz CT molecular complexity index is 1170. The van der Waals surface area contributed by atoms with Gasteiger partial charge in [0, 0.05) is 29.0 Å². The number of benzene rings is 3. The molecule has 0 radical (unpaired) electrons. The summed E-state index contributed by atoms with van der Waals surface area (Å²) in [6.45, 7) is 6.53. The number of nitrogens with zero attached hydrogens (tertiary/aromatic N) is 1. The molecule has 0 saturated carbocycles. The normalized spacial score (nSPS) is 11.7. The topological polar surface area (TPSA) is 58.6 Å². The van der Waals surface area contributed by atoms with Crippen LogP contribution in [0.1, 0.15) is 30.5 Å². The maximum absolute atomic E-state index is 13.6. The molecule has 5 nitrogen and oxygen atoms in total. The second-order valence-electron chi connectivity index (χ2n) is 9.16. The molecule has 3 aromatic carbocycles. The van der Waals surface area contributed by atoms with Gasteiger partial charge in [0.1, 0.15) is 11.8 Å². The van der Waals surface area contributed by atoms with Crippen molar-refractivity contribution in [2.45, 2.75) is 39.8 Å². The Labute approximate surface area is 226 Å². The van der Waals surface area contributed by atoms with E-state index in [9.17, 15) is 9.59 Å². The standard InChI is InChI=1S/C29H32BrClN2O3/c1-20(2)17-32-29(35)27(16-22-9-5-4-6-10-22)33(18-23-11-7-8-12-26(23)31)28(34)19-36-24-13-14-25(30)21(3)15-24/h4-15,20,27H,16-19H2,1-3H3,(H,32,35)/t27-/m0/s1. The third-order valence-corrected chi connectivity index (χ3v) is 7.00. The van der Waals surface area contributed by atoms with Crippen LogP contribution in [0.15, 0.2) is 77.3 Å². The van der Waals surface area contributed by atoms with E-state index >= 15 is 0 Å². The third kappa shape index (κ3) is 8.10. The van der Waals surface area contributed by atoms with Crippen LogP contribution in [0.5, 0.6) is 5.75 Å². The lowest BCUT2D eigenvalue weighted by Gasteiger charge is -2.32. The Morgan fingerprint density at radius 3 is 2.39 bits per heavy atom. The van der Waals surface area contributed by atoms with Crippen molar-refractivity contribution in [2.75, 3.05) is 13.2 Å². The Kier molecular flexibility index (Phi) is 10.4. The molecular formula is C29H32BrClN2O3. The van der Waals surface area contributed by atoms with Crippen molar-refractivity contribution in [3.63, 3.8) is 0 Å². The highest BCUT2D eigenvalue weighted by Crippen LogP contribution is 2.23. The first-order valence-electron chi connectivity index (χ1n) is 12.0.